The number of nitrogens with zero attached hydrogens (tertiary/aromatic N) is 2. The van der Waals surface area contributed by atoms with Crippen LogP contribution in [0.3, 0.4) is 0 Å². The molecule has 0 radical (unpaired) electrons. The van der Waals surface area contributed by atoms with Crippen LogP contribution in [0.15, 0.2) is 28.8 Å². The van der Waals surface area contributed by atoms with E-state index in [4.69, 9.17) is 4.42 Å². The van der Waals surface area contributed by atoms with Gasteiger partial charge >= 0.3 is 0 Å². The summed E-state index contributed by atoms with van der Waals surface area (Å²) in [5.41, 5.74) is 0.672. The fourth-order valence-corrected chi connectivity index (χ4v) is 4.64. The first-order valence-electron chi connectivity index (χ1n) is 9.78. The van der Waals surface area contributed by atoms with Gasteiger partial charge in [0, 0.05) is 24.3 Å². The van der Waals surface area contributed by atoms with Crippen molar-refractivity contribution >= 4 is 11.8 Å². The average molecular weight is 383 g/mol. The van der Waals surface area contributed by atoms with E-state index in [0.717, 1.165) is 25.0 Å². The molecular weight excluding hydrogens is 358 g/mol. The van der Waals surface area contributed by atoms with Gasteiger partial charge in [-0.15, -0.1) is 0 Å². The standard InChI is InChI=1S/C21H25N3O4/c1-12-9-17(13(2)28-12)21(27)24-15-5-3-6-16(24)11-14(10-15)23-20(26)19-18(25)7-4-8-22-19/h4,7-9,14-16,25H,3,5-6,10-11H2,1-2H3,(H,23,26)/t14?,15-,16+. The van der Waals surface area contributed by atoms with Crippen LogP contribution in [0.2, 0.25) is 0 Å². The molecule has 28 heavy (non-hydrogen) atoms. The first-order valence-corrected chi connectivity index (χ1v) is 9.78. The fourth-order valence-electron chi connectivity index (χ4n) is 4.64. The Labute approximate surface area is 163 Å². The number of aryl methyl sites for hydroxylation is 2. The number of piperidine rings is 2. The maximum Gasteiger partial charge on any atom is 0.273 e. The first-order chi connectivity index (χ1) is 13.4. The third kappa shape index (κ3) is 3.37. The SMILES string of the molecule is Cc1cc(C(=O)N2[C@@H]3CCC[C@H]2CC(NC(=O)c2ncccc2O)C3)c(C)o1. The lowest BCUT2D eigenvalue weighted by atomic mass is 9.81. The van der Waals surface area contributed by atoms with Crippen LogP contribution in [0.1, 0.15) is 64.5 Å². The zero-order valence-corrected chi connectivity index (χ0v) is 16.1. The van der Waals surface area contributed by atoms with Crippen LogP contribution >= 0.6 is 0 Å². The van der Waals surface area contributed by atoms with Crippen molar-refractivity contribution in [3.05, 3.63) is 47.2 Å². The van der Waals surface area contributed by atoms with Crippen LogP contribution < -0.4 is 5.32 Å². The summed E-state index contributed by atoms with van der Waals surface area (Å²) in [6.45, 7) is 3.67. The summed E-state index contributed by atoms with van der Waals surface area (Å²) in [6, 6.07) is 4.99. The molecule has 2 bridgehead atoms. The lowest BCUT2D eigenvalue weighted by molar-refractivity contribution is 0.0205. The van der Waals surface area contributed by atoms with Crippen molar-refractivity contribution in [2.45, 2.75) is 64.1 Å². The van der Waals surface area contributed by atoms with Crippen molar-refractivity contribution in [2.75, 3.05) is 0 Å². The molecule has 148 valence electrons. The predicted molar refractivity (Wildman–Crippen MR) is 102 cm³/mol. The number of aromatic hydroxyl groups is 1. The molecule has 0 spiro atoms. The second-order valence-electron chi connectivity index (χ2n) is 7.79. The summed E-state index contributed by atoms with van der Waals surface area (Å²) >= 11 is 0. The monoisotopic (exact) mass is 383 g/mol. The molecule has 7 heteroatoms. The predicted octanol–water partition coefficient (Wildman–Crippen LogP) is 2.95. The second-order valence-corrected chi connectivity index (χ2v) is 7.79. The van der Waals surface area contributed by atoms with E-state index in [2.05, 4.69) is 10.3 Å². The summed E-state index contributed by atoms with van der Waals surface area (Å²) in [5.74, 6) is 0.919. The van der Waals surface area contributed by atoms with Crippen molar-refractivity contribution in [2.24, 2.45) is 0 Å². The largest absolute Gasteiger partial charge is 0.505 e. The highest BCUT2D eigenvalue weighted by molar-refractivity contribution is 5.96. The maximum atomic E-state index is 13.2. The van der Waals surface area contributed by atoms with Gasteiger partial charge < -0.3 is 19.7 Å². The lowest BCUT2D eigenvalue weighted by Crippen LogP contribution is -2.58. The van der Waals surface area contributed by atoms with Gasteiger partial charge in [-0.05, 0) is 64.2 Å². The molecule has 2 aliphatic heterocycles. The Kier molecular flexibility index (Phi) is 4.83. The average Bonchev–Trinajstić information content (AvgIpc) is 2.99. The molecular formula is C21H25N3O4. The number of fused-ring (bicyclic) bond motifs is 2. The molecule has 2 saturated heterocycles. The number of furan rings is 1. The molecule has 2 N–H and O–H groups in total. The Bertz CT molecular complexity index is 893. The summed E-state index contributed by atoms with van der Waals surface area (Å²) < 4.78 is 5.55. The number of hydrogen-bond acceptors (Lipinski definition) is 5. The van der Waals surface area contributed by atoms with Crippen molar-refractivity contribution in [1.29, 1.82) is 0 Å². The molecule has 0 saturated carbocycles. The van der Waals surface area contributed by atoms with Crippen LogP contribution in [-0.2, 0) is 0 Å². The number of hydrogen-bond donors (Lipinski definition) is 2. The third-order valence-electron chi connectivity index (χ3n) is 5.82. The normalized spacial score (nSPS) is 24.1. The van der Waals surface area contributed by atoms with Gasteiger partial charge in [-0.2, -0.15) is 0 Å². The van der Waals surface area contributed by atoms with E-state index in [1.54, 1.807) is 6.07 Å². The zero-order valence-electron chi connectivity index (χ0n) is 16.1. The molecule has 2 aromatic rings. The zero-order chi connectivity index (χ0) is 19.8. The van der Waals surface area contributed by atoms with E-state index >= 15 is 0 Å². The quantitative estimate of drug-likeness (QED) is 0.850. The number of pyridine rings is 1. The van der Waals surface area contributed by atoms with Crippen LogP contribution in [0.5, 0.6) is 5.75 Å². The minimum absolute atomic E-state index is 0.0243. The van der Waals surface area contributed by atoms with E-state index < -0.39 is 0 Å². The lowest BCUT2D eigenvalue weighted by Gasteiger charge is -2.49. The molecule has 1 unspecified atom stereocenters. The van der Waals surface area contributed by atoms with Gasteiger partial charge in [0.15, 0.2) is 5.69 Å². The molecule has 0 aromatic carbocycles. The van der Waals surface area contributed by atoms with Crippen LogP contribution in [0.25, 0.3) is 0 Å². The Morgan fingerprint density at radius 3 is 2.57 bits per heavy atom. The van der Waals surface area contributed by atoms with E-state index in [1.807, 2.05) is 24.8 Å². The molecule has 2 aromatic heterocycles. The minimum atomic E-state index is -0.373. The van der Waals surface area contributed by atoms with Gasteiger partial charge in [-0.1, -0.05) is 0 Å². The molecule has 4 heterocycles. The van der Waals surface area contributed by atoms with Crippen LogP contribution in [0, 0.1) is 13.8 Å². The summed E-state index contributed by atoms with van der Waals surface area (Å²) in [4.78, 5) is 31.7. The fraction of sp³-hybridized carbons (Fsp3) is 0.476. The Morgan fingerprint density at radius 2 is 1.96 bits per heavy atom. The number of aromatic nitrogens is 1. The van der Waals surface area contributed by atoms with E-state index in [9.17, 15) is 14.7 Å². The summed E-state index contributed by atoms with van der Waals surface area (Å²) in [7, 11) is 0. The minimum Gasteiger partial charge on any atom is -0.505 e. The van der Waals surface area contributed by atoms with Gasteiger partial charge in [0.1, 0.15) is 17.3 Å². The van der Waals surface area contributed by atoms with Crippen LogP contribution in [0.4, 0.5) is 0 Å². The second kappa shape index (κ2) is 7.30. The third-order valence-corrected chi connectivity index (χ3v) is 5.82. The summed E-state index contributed by atoms with van der Waals surface area (Å²) in [6.07, 6.45) is 5.84. The maximum absolute atomic E-state index is 13.2. The van der Waals surface area contributed by atoms with Gasteiger partial charge in [0.25, 0.3) is 11.8 Å². The van der Waals surface area contributed by atoms with Gasteiger partial charge in [-0.25, -0.2) is 4.98 Å². The Balaban J connectivity index is 1.49. The van der Waals surface area contributed by atoms with Gasteiger partial charge in [-0.3, -0.25) is 9.59 Å². The number of nitrogens with one attached hydrogen (secondary N) is 1. The highest BCUT2D eigenvalue weighted by atomic mass is 16.3. The number of rotatable bonds is 3. The van der Waals surface area contributed by atoms with E-state index in [-0.39, 0.29) is 41.4 Å². The molecule has 7 nitrogen and oxygen atoms in total. The van der Waals surface area contributed by atoms with E-state index in [0.29, 0.717) is 24.2 Å². The van der Waals surface area contributed by atoms with E-state index in [1.165, 1.54) is 12.3 Å². The molecule has 2 aliphatic rings. The first kappa shape index (κ1) is 18.5. The highest BCUT2D eigenvalue weighted by Crippen LogP contribution is 2.36. The smallest absolute Gasteiger partial charge is 0.273 e. The molecule has 3 atom stereocenters. The van der Waals surface area contributed by atoms with Gasteiger partial charge in [0.2, 0.25) is 0 Å². The number of carbonyl (C=O) groups excluding carboxylic acids is 2. The van der Waals surface area contributed by atoms with Crippen molar-refractivity contribution in [3.8, 4) is 5.75 Å². The summed E-state index contributed by atoms with van der Waals surface area (Å²) in [5, 5.41) is 12.9. The Hall–Kier alpha value is -2.83. The molecule has 0 aliphatic carbocycles. The topological polar surface area (TPSA) is 95.7 Å². The highest BCUT2D eigenvalue weighted by Gasteiger charge is 2.42. The molecule has 2 amide bonds. The van der Waals surface area contributed by atoms with Crippen molar-refractivity contribution in [1.82, 2.24) is 15.2 Å². The number of carbonyl (C=O) groups is 2. The number of amides is 2. The Morgan fingerprint density at radius 1 is 1.25 bits per heavy atom. The van der Waals surface area contributed by atoms with Crippen molar-refractivity contribution in [3.63, 3.8) is 0 Å². The van der Waals surface area contributed by atoms with Gasteiger partial charge in [0.05, 0.1) is 5.56 Å². The molecule has 2 fully saturated rings. The van der Waals surface area contributed by atoms with Crippen molar-refractivity contribution < 1.29 is 19.1 Å². The van der Waals surface area contributed by atoms with Crippen LogP contribution in [-0.4, -0.2) is 44.9 Å². The molecule has 4 rings (SSSR count).